The van der Waals surface area contributed by atoms with Crippen LogP contribution in [0.5, 0.6) is 0 Å². The first-order chi connectivity index (χ1) is 24.1. The largest absolute Gasteiger partial charge is 0.460 e. The molecule has 2 rings (SSSR count). The highest BCUT2D eigenvalue weighted by Crippen LogP contribution is 2.12. The van der Waals surface area contributed by atoms with Gasteiger partial charge in [0.2, 0.25) is 12.3 Å². The molecule has 2 aliphatic heterocycles. The van der Waals surface area contributed by atoms with Crippen molar-refractivity contribution in [1.29, 1.82) is 0 Å². The van der Waals surface area contributed by atoms with E-state index in [1.807, 2.05) is 12.2 Å². The summed E-state index contributed by atoms with van der Waals surface area (Å²) in [6.45, 7) is 7.90. The van der Waals surface area contributed by atoms with Crippen molar-refractivity contribution in [3.8, 4) is 0 Å². The van der Waals surface area contributed by atoms with Crippen LogP contribution in [0, 0.1) is 0 Å². The van der Waals surface area contributed by atoms with E-state index in [1.54, 1.807) is 9.15 Å². The van der Waals surface area contributed by atoms with Crippen molar-refractivity contribution in [3.63, 3.8) is 0 Å². The fourth-order valence-electron chi connectivity index (χ4n) is 5.32. The van der Waals surface area contributed by atoms with Gasteiger partial charge in [0, 0.05) is 51.5 Å². The maximum atomic E-state index is 11.9. The summed E-state index contributed by atoms with van der Waals surface area (Å²) in [5.74, 6) is -0.475. The highest BCUT2D eigenvalue weighted by molar-refractivity contribution is 5.81. The monoisotopic (exact) mass is 698 g/mol. The molecule has 0 saturated carbocycles. The molecule has 16 nitrogen and oxygen atoms in total. The fourth-order valence-corrected chi connectivity index (χ4v) is 5.32. The van der Waals surface area contributed by atoms with Gasteiger partial charge in [-0.2, -0.15) is 9.59 Å². The fraction of sp³-hybridized carbons (Fsp3) is 0.818. The Morgan fingerprint density at radius 1 is 0.714 bits per heavy atom. The molecule has 0 aromatic carbocycles. The third-order valence-electron chi connectivity index (χ3n) is 8.01. The molecule has 0 aromatic rings. The van der Waals surface area contributed by atoms with Crippen LogP contribution in [0.15, 0.2) is 12.7 Å². The summed E-state index contributed by atoms with van der Waals surface area (Å²) in [5, 5.41) is 10.8. The lowest BCUT2D eigenvalue weighted by Crippen LogP contribution is -2.44. The van der Waals surface area contributed by atoms with Crippen molar-refractivity contribution in [1.82, 2.24) is 21.2 Å². The van der Waals surface area contributed by atoms with Crippen molar-refractivity contribution in [3.05, 3.63) is 12.7 Å². The molecule has 2 unspecified atom stereocenters. The van der Waals surface area contributed by atoms with E-state index in [0.717, 1.165) is 83.1 Å². The number of alkyl carbamates (subject to hydrolysis) is 1. The number of unbranched alkanes of at least 4 members (excludes halogenated alkanes) is 3. The predicted molar refractivity (Wildman–Crippen MR) is 176 cm³/mol. The number of hydroxylamine groups is 2. The van der Waals surface area contributed by atoms with E-state index < -0.39 is 12.1 Å². The van der Waals surface area contributed by atoms with Gasteiger partial charge >= 0.3 is 24.2 Å². The first-order valence-electron chi connectivity index (χ1n) is 17.7. The second-order valence-corrected chi connectivity index (χ2v) is 11.7. The van der Waals surface area contributed by atoms with Crippen LogP contribution >= 0.6 is 0 Å². The standard InChI is InChI=1S/C33H57N6O10/c1-2-32(42)46-24-22-44-20-13-21-45-23-25-47-33(43)34-16-9-3-4-12-19-39(48-26-35-30-14-7-5-10-17-37(30)28-40)49-27-36-31-15-8-6-11-18-38(31)29-41/h2,30-31,35-36H,1,3-27H2/q+1/p+1. The quantitative estimate of drug-likeness (QED) is 0.0229. The number of nitrogens with zero attached hydrogens (tertiary/aromatic N) is 3. The van der Waals surface area contributed by atoms with Crippen LogP contribution in [0.2, 0.25) is 0 Å². The molecule has 3 N–H and O–H groups in total. The molecule has 1 amide bonds. The van der Waals surface area contributed by atoms with E-state index in [4.69, 9.17) is 28.6 Å². The van der Waals surface area contributed by atoms with Crippen LogP contribution in [0.25, 0.3) is 0 Å². The molecule has 278 valence electrons. The number of nitrogens with one attached hydrogen (secondary N) is 3. The molecular weight excluding hydrogens is 640 g/mol. The van der Waals surface area contributed by atoms with E-state index in [-0.39, 0.29) is 39.0 Å². The molecule has 0 radical (unpaired) electrons. The van der Waals surface area contributed by atoms with Crippen LogP contribution in [-0.2, 0) is 43.0 Å². The number of rotatable bonds is 26. The third kappa shape index (κ3) is 20.9. The van der Waals surface area contributed by atoms with Crippen LogP contribution < -0.4 is 16.0 Å². The van der Waals surface area contributed by atoms with Crippen molar-refractivity contribution in [2.45, 2.75) is 95.8 Å². The summed E-state index contributed by atoms with van der Waals surface area (Å²) < 4.78 is 24.0. The summed E-state index contributed by atoms with van der Waals surface area (Å²) in [7, 11) is 0. The lowest BCUT2D eigenvalue weighted by atomic mass is 10.2. The lowest BCUT2D eigenvalue weighted by molar-refractivity contribution is -0.572. The molecule has 2 saturated heterocycles. The molecule has 0 bridgehead atoms. The Bertz CT molecular complexity index is 991. The molecule has 0 spiro atoms. The van der Waals surface area contributed by atoms with Crippen molar-refractivity contribution in [2.24, 2.45) is 0 Å². The van der Waals surface area contributed by atoms with E-state index in [2.05, 4.69) is 22.5 Å². The van der Waals surface area contributed by atoms with Crippen LogP contribution in [0.3, 0.4) is 0 Å². The zero-order chi connectivity index (χ0) is 35.2. The third-order valence-corrected chi connectivity index (χ3v) is 8.01. The number of isocyanates is 2. The van der Waals surface area contributed by atoms with Gasteiger partial charge in [0.05, 0.1) is 19.8 Å². The molecule has 16 heteroatoms. The number of amides is 1. The van der Waals surface area contributed by atoms with Gasteiger partial charge in [-0.1, -0.05) is 24.6 Å². The number of hydrogen-bond donors (Lipinski definition) is 3. The topological polar surface area (TPSA) is 169 Å². The zero-order valence-corrected chi connectivity index (χ0v) is 29.0. The van der Waals surface area contributed by atoms with Gasteiger partial charge in [0.1, 0.15) is 26.7 Å². The van der Waals surface area contributed by atoms with Crippen molar-refractivity contribution in [2.75, 3.05) is 79.3 Å². The number of ether oxygens (including phenoxy) is 4. The van der Waals surface area contributed by atoms with Gasteiger partial charge in [-0.3, -0.25) is 9.68 Å². The first kappa shape index (κ1) is 42.1. The first-order valence-corrected chi connectivity index (χ1v) is 17.7. The molecule has 2 aliphatic rings. The van der Waals surface area contributed by atoms with E-state index in [1.165, 1.54) is 5.23 Å². The molecule has 49 heavy (non-hydrogen) atoms. The summed E-state index contributed by atoms with van der Waals surface area (Å²) in [6.07, 6.45) is 16.3. The Hall–Kier alpha value is -3.04. The van der Waals surface area contributed by atoms with Gasteiger partial charge in [0.25, 0.3) is 0 Å². The number of hydrogen-bond acceptors (Lipinski definition) is 13. The summed E-state index contributed by atoms with van der Waals surface area (Å²) >= 11 is 0. The van der Waals surface area contributed by atoms with Crippen molar-refractivity contribution < 1.29 is 57.0 Å². The second-order valence-electron chi connectivity index (χ2n) is 11.7. The minimum absolute atomic E-state index is 0.131. The Balaban J connectivity index is 1.57. The Labute approximate surface area is 290 Å². The summed E-state index contributed by atoms with van der Waals surface area (Å²) in [5.41, 5.74) is 0. The minimum Gasteiger partial charge on any atom is -0.460 e. The lowest BCUT2D eigenvalue weighted by Gasteiger charge is -2.23. The zero-order valence-electron chi connectivity index (χ0n) is 29.0. The van der Waals surface area contributed by atoms with E-state index in [9.17, 15) is 19.2 Å². The van der Waals surface area contributed by atoms with Gasteiger partial charge in [0.15, 0.2) is 13.1 Å². The minimum atomic E-state index is -0.479. The van der Waals surface area contributed by atoms with Crippen LogP contribution in [-0.4, -0.2) is 130 Å². The highest BCUT2D eigenvalue weighted by Gasteiger charge is 2.26. The average Bonchev–Trinajstić information content (AvgIpc) is 3.49. The second kappa shape index (κ2) is 28.8. The molecule has 0 aliphatic carbocycles. The summed E-state index contributed by atoms with van der Waals surface area (Å²) in [4.78, 5) is 57.5. The van der Waals surface area contributed by atoms with E-state index in [0.29, 0.717) is 59.0 Å². The van der Waals surface area contributed by atoms with Crippen LogP contribution in [0.4, 0.5) is 4.79 Å². The van der Waals surface area contributed by atoms with E-state index >= 15 is 0 Å². The SMILES string of the molecule is C=CC(=O)OCCOCCCOCCOC(=O)NCCCCCCN(OCNC1CCCCC[N+]1=C=O)OCNC1CCCCC[N+]1=C=O. The molecule has 0 aromatic heterocycles. The maximum absolute atomic E-state index is 11.9. The number of carbonyl (C=O) groups excluding carboxylic acids is 4. The van der Waals surface area contributed by atoms with Crippen molar-refractivity contribution >= 4 is 24.2 Å². The molecular formula is C33H58N6O10+2. The molecule has 2 atom stereocenters. The Morgan fingerprint density at radius 2 is 1.29 bits per heavy atom. The van der Waals surface area contributed by atoms with Gasteiger partial charge in [-0.25, -0.2) is 20.2 Å². The normalized spacial score (nSPS) is 18.2. The van der Waals surface area contributed by atoms with Crippen LogP contribution in [0.1, 0.15) is 83.5 Å². The summed E-state index contributed by atoms with van der Waals surface area (Å²) in [6, 6.07) is 0. The number of carbonyl (C=O) groups is 2. The highest BCUT2D eigenvalue weighted by atomic mass is 17.0. The smallest absolute Gasteiger partial charge is 0.425 e. The van der Waals surface area contributed by atoms with Gasteiger partial charge in [-0.05, 0) is 44.9 Å². The van der Waals surface area contributed by atoms with Gasteiger partial charge in [-0.15, -0.1) is 9.15 Å². The average molecular weight is 699 g/mol. The molecule has 2 heterocycles. The Morgan fingerprint density at radius 3 is 1.86 bits per heavy atom. The molecule has 2 fully saturated rings. The Kier molecular flexibility index (Phi) is 24.7. The number of esters is 1. The predicted octanol–water partition coefficient (Wildman–Crippen LogP) is 2.18. The maximum Gasteiger partial charge on any atom is 0.425 e. The van der Waals surface area contributed by atoms with Gasteiger partial charge < -0.3 is 24.3 Å².